The SMILES string of the molecule is CC(C)(C)c1ccc(CN(CCCc2ccccc2)C2CCC(N)CC2)cc1. The molecule has 2 aromatic carbocycles. The summed E-state index contributed by atoms with van der Waals surface area (Å²) < 4.78 is 0. The lowest BCUT2D eigenvalue weighted by molar-refractivity contribution is 0.140. The number of hydrogen-bond donors (Lipinski definition) is 1. The minimum absolute atomic E-state index is 0.216. The zero-order valence-corrected chi connectivity index (χ0v) is 18.0. The number of hydrogen-bond acceptors (Lipinski definition) is 2. The molecule has 0 spiro atoms. The van der Waals surface area contributed by atoms with Gasteiger partial charge in [-0.05, 0) is 67.2 Å². The van der Waals surface area contributed by atoms with Gasteiger partial charge in [0.1, 0.15) is 0 Å². The zero-order chi connectivity index (χ0) is 20.0. The van der Waals surface area contributed by atoms with Crippen molar-refractivity contribution in [2.45, 2.75) is 83.3 Å². The lowest BCUT2D eigenvalue weighted by atomic mass is 9.86. The Balaban J connectivity index is 1.63. The predicted octanol–water partition coefficient (Wildman–Crippen LogP) is 5.69. The van der Waals surface area contributed by atoms with E-state index in [2.05, 4.69) is 80.3 Å². The molecule has 0 amide bonds. The van der Waals surface area contributed by atoms with Crippen LogP contribution in [0.4, 0.5) is 0 Å². The van der Waals surface area contributed by atoms with Crippen LogP contribution in [-0.4, -0.2) is 23.5 Å². The summed E-state index contributed by atoms with van der Waals surface area (Å²) >= 11 is 0. The van der Waals surface area contributed by atoms with Gasteiger partial charge in [-0.15, -0.1) is 0 Å². The van der Waals surface area contributed by atoms with E-state index in [-0.39, 0.29) is 5.41 Å². The Morgan fingerprint density at radius 3 is 2.11 bits per heavy atom. The lowest BCUT2D eigenvalue weighted by Gasteiger charge is -2.36. The van der Waals surface area contributed by atoms with Crippen molar-refractivity contribution in [2.75, 3.05) is 6.54 Å². The molecule has 1 aliphatic carbocycles. The summed E-state index contributed by atoms with van der Waals surface area (Å²) in [5.74, 6) is 0. The predicted molar refractivity (Wildman–Crippen MR) is 121 cm³/mol. The molecule has 2 heteroatoms. The third kappa shape index (κ3) is 6.18. The fourth-order valence-electron chi connectivity index (χ4n) is 4.33. The van der Waals surface area contributed by atoms with E-state index in [0.29, 0.717) is 12.1 Å². The van der Waals surface area contributed by atoms with Crippen LogP contribution in [0.5, 0.6) is 0 Å². The summed E-state index contributed by atoms with van der Waals surface area (Å²) in [6.07, 6.45) is 7.20. The first-order valence-corrected chi connectivity index (χ1v) is 11.0. The van der Waals surface area contributed by atoms with E-state index in [4.69, 9.17) is 5.73 Å². The maximum atomic E-state index is 6.16. The molecule has 152 valence electrons. The highest BCUT2D eigenvalue weighted by Crippen LogP contribution is 2.26. The summed E-state index contributed by atoms with van der Waals surface area (Å²) in [5, 5.41) is 0. The number of rotatable bonds is 7. The molecule has 1 aliphatic rings. The summed E-state index contributed by atoms with van der Waals surface area (Å²) in [4.78, 5) is 2.72. The molecule has 0 saturated heterocycles. The van der Waals surface area contributed by atoms with Gasteiger partial charge in [0.05, 0.1) is 0 Å². The Bertz CT molecular complexity index is 691. The second kappa shape index (κ2) is 9.71. The van der Waals surface area contributed by atoms with Crippen LogP contribution < -0.4 is 5.73 Å². The van der Waals surface area contributed by atoms with Gasteiger partial charge in [-0.2, -0.15) is 0 Å². The Kier molecular flexibility index (Phi) is 7.31. The van der Waals surface area contributed by atoms with E-state index >= 15 is 0 Å². The molecule has 28 heavy (non-hydrogen) atoms. The number of nitrogens with two attached hydrogens (primary N) is 1. The molecule has 2 nitrogen and oxygen atoms in total. The molecule has 0 bridgehead atoms. The average Bonchev–Trinajstić information content (AvgIpc) is 2.68. The van der Waals surface area contributed by atoms with Crippen LogP contribution in [0, 0.1) is 0 Å². The highest BCUT2D eigenvalue weighted by molar-refractivity contribution is 5.27. The molecular weight excluding hydrogens is 340 g/mol. The molecule has 3 rings (SSSR count). The van der Waals surface area contributed by atoms with Gasteiger partial charge in [0.2, 0.25) is 0 Å². The van der Waals surface area contributed by atoms with E-state index in [9.17, 15) is 0 Å². The fourth-order valence-corrected chi connectivity index (χ4v) is 4.33. The van der Waals surface area contributed by atoms with Crippen molar-refractivity contribution < 1.29 is 0 Å². The average molecular weight is 379 g/mol. The van der Waals surface area contributed by atoms with E-state index in [0.717, 1.165) is 19.5 Å². The van der Waals surface area contributed by atoms with Crippen LogP contribution in [-0.2, 0) is 18.4 Å². The molecular formula is C26H38N2. The molecule has 0 atom stereocenters. The Labute approximate surface area is 172 Å². The zero-order valence-electron chi connectivity index (χ0n) is 18.0. The number of benzene rings is 2. The third-order valence-electron chi connectivity index (χ3n) is 6.22. The maximum Gasteiger partial charge on any atom is 0.0236 e. The van der Waals surface area contributed by atoms with Crippen molar-refractivity contribution in [3.05, 3.63) is 71.3 Å². The molecule has 2 N–H and O–H groups in total. The van der Waals surface area contributed by atoms with E-state index in [1.807, 2.05) is 0 Å². The Morgan fingerprint density at radius 1 is 0.857 bits per heavy atom. The second-order valence-corrected chi connectivity index (χ2v) is 9.58. The van der Waals surface area contributed by atoms with Gasteiger partial charge in [0.25, 0.3) is 0 Å². The fraction of sp³-hybridized carbons (Fsp3) is 0.538. The monoisotopic (exact) mass is 378 g/mol. The normalized spacial score (nSPS) is 20.5. The summed E-state index contributed by atoms with van der Waals surface area (Å²) in [7, 11) is 0. The maximum absolute atomic E-state index is 6.16. The van der Waals surface area contributed by atoms with E-state index in [1.165, 1.54) is 48.8 Å². The molecule has 0 aromatic heterocycles. The quantitative estimate of drug-likeness (QED) is 0.671. The Hall–Kier alpha value is -1.64. The molecule has 1 saturated carbocycles. The van der Waals surface area contributed by atoms with Crippen molar-refractivity contribution in [3.8, 4) is 0 Å². The van der Waals surface area contributed by atoms with Gasteiger partial charge in [-0.25, -0.2) is 0 Å². The Morgan fingerprint density at radius 2 is 1.50 bits per heavy atom. The molecule has 0 aliphatic heterocycles. The smallest absolute Gasteiger partial charge is 0.0236 e. The van der Waals surface area contributed by atoms with E-state index in [1.54, 1.807) is 0 Å². The minimum atomic E-state index is 0.216. The van der Waals surface area contributed by atoms with Crippen LogP contribution in [0.3, 0.4) is 0 Å². The van der Waals surface area contributed by atoms with Gasteiger partial charge >= 0.3 is 0 Å². The van der Waals surface area contributed by atoms with Gasteiger partial charge in [0, 0.05) is 18.6 Å². The second-order valence-electron chi connectivity index (χ2n) is 9.58. The minimum Gasteiger partial charge on any atom is -0.328 e. The van der Waals surface area contributed by atoms with Crippen molar-refractivity contribution >= 4 is 0 Å². The van der Waals surface area contributed by atoms with Crippen molar-refractivity contribution in [1.29, 1.82) is 0 Å². The van der Waals surface area contributed by atoms with Crippen LogP contribution in [0.25, 0.3) is 0 Å². The number of aryl methyl sites for hydroxylation is 1. The van der Waals surface area contributed by atoms with Crippen LogP contribution >= 0.6 is 0 Å². The summed E-state index contributed by atoms with van der Waals surface area (Å²) in [6.45, 7) is 9.06. The molecule has 1 fully saturated rings. The van der Waals surface area contributed by atoms with Gasteiger partial charge < -0.3 is 5.73 Å². The highest BCUT2D eigenvalue weighted by Gasteiger charge is 2.24. The van der Waals surface area contributed by atoms with Crippen molar-refractivity contribution in [1.82, 2.24) is 4.90 Å². The molecule has 0 radical (unpaired) electrons. The molecule has 0 unspecified atom stereocenters. The first kappa shape index (κ1) is 21.1. The summed E-state index contributed by atoms with van der Waals surface area (Å²) in [5.41, 5.74) is 10.7. The molecule has 2 aromatic rings. The summed E-state index contributed by atoms with van der Waals surface area (Å²) in [6, 6.07) is 21.3. The van der Waals surface area contributed by atoms with Crippen LogP contribution in [0.2, 0.25) is 0 Å². The van der Waals surface area contributed by atoms with Crippen molar-refractivity contribution in [2.24, 2.45) is 5.73 Å². The number of nitrogens with zero attached hydrogens (tertiary/aromatic N) is 1. The first-order chi connectivity index (χ1) is 13.4. The van der Waals surface area contributed by atoms with Gasteiger partial charge in [0.15, 0.2) is 0 Å². The van der Waals surface area contributed by atoms with Crippen LogP contribution in [0.1, 0.15) is 69.6 Å². The first-order valence-electron chi connectivity index (χ1n) is 11.0. The largest absolute Gasteiger partial charge is 0.328 e. The van der Waals surface area contributed by atoms with Crippen LogP contribution in [0.15, 0.2) is 54.6 Å². The lowest BCUT2D eigenvalue weighted by Crippen LogP contribution is -2.41. The van der Waals surface area contributed by atoms with Crippen molar-refractivity contribution in [3.63, 3.8) is 0 Å². The standard InChI is InChI=1S/C26H38N2/c1-26(2,3)23-13-11-22(12-14-23)20-28(25-17-15-24(27)16-18-25)19-7-10-21-8-5-4-6-9-21/h4-6,8-9,11-14,24-25H,7,10,15-20,27H2,1-3H3. The van der Waals surface area contributed by atoms with Gasteiger partial charge in [-0.1, -0.05) is 75.4 Å². The van der Waals surface area contributed by atoms with Gasteiger partial charge in [-0.3, -0.25) is 4.90 Å². The molecule has 0 heterocycles. The van der Waals surface area contributed by atoms with E-state index < -0.39 is 0 Å². The topological polar surface area (TPSA) is 29.3 Å². The highest BCUT2D eigenvalue weighted by atomic mass is 15.2. The third-order valence-corrected chi connectivity index (χ3v) is 6.22.